The number of hydrogen-bond acceptors (Lipinski definition) is 4. The zero-order valence-electron chi connectivity index (χ0n) is 20.0. The van der Waals surface area contributed by atoms with E-state index in [1.54, 1.807) is 40.5 Å². The van der Waals surface area contributed by atoms with Gasteiger partial charge >= 0.3 is 0 Å². The van der Waals surface area contributed by atoms with Gasteiger partial charge in [-0.1, -0.05) is 24.3 Å². The maximum atomic E-state index is 14.0. The van der Waals surface area contributed by atoms with E-state index in [0.29, 0.717) is 39.1 Å². The third-order valence-electron chi connectivity index (χ3n) is 7.10. The summed E-state index contributed by atoms with van der Waals surface area (Å²) < 4.78 is 27.1. The smallest absolute Gasteiger partial charge is 0.227 e. The van der Waals surface area contributed by atoms with Crippen LogP contribution in [0.4, 0.5) is 8.78 Å². The molecule has 2 aliphatic rings. The number of benzene rings is 2. The lowest BCUT2D eigenvalue weighted by molar-refractivity contribution is -0.139. The largest absolute Gasteiger partial charge is 0.339 e. The van der Waals surface area contributed by atoms with E-state index in [2.05, 4.69) is 16.3 Å². The monoisotopic (exact) mass is 509 g/mol. The van der Waals surface area contributed by atoms with Gasteiger partial charge in [0.25, 0.3) is 0 Å². The van der Waals surface area contributed by atoms with Gasteiger partial charge in [0.1, 0.15) is 11.6 Å². The minimum atomic E-state index is -0.319. The van der Waals surface area contributed by atoms with Crippen LogP contribution in [0.1, 0.15) is 34.0 Å². The summed E-state index contributed by atoms with van der Waals surface area (Å²) in [5, 5.41) is 2.09. The van der Waals surface area contributed by atoms with Gasteiger partial charge in [-0.15, -0.1) is 11.3 Å². The predicted octanol–water partition coefficient (Wildman–Crippen LogP) is 4.28. The van der Waals surface area contributed by atoms with Crippen molar-refractivity contribution < 1.29 is 18.4 Å². The van der Waals surface area contributed by atoms with Gasteiger partial charge in [-0.2, -0.15) is 0 Å². The number of amides is 2. The van der Waals surface area contributed by atoms with Gasteiger partial charge in [0.05, 0.1) is 12.5 Å². The molecule has 3 aromatic rings. The Hall–Kier alpha value is -3.10. The molecule has 0 bridgehead atoms. The van der Waals surface area contributed by atoms with Crippen molar-refractivity contribution >= 4 is 23.2 Å². The van der Waals surface area contributed by atoms with Gasteiger partial charge in [-0.25, -0.2) is 8.78 Å². The van der Waals surface area contributed by atoms with Crippen LogP contribution < -0.4 is 0 Å². The standard InChI is InChI=1S/C28H29F2N3O2S/c29-22-6-4-20(5-7-22)18-27(35)32-15-13-31(14-16-32)26(34)9-12-33-11-8-25-24(10-17-36-25)28(33)21-2-1-3-23(30)19-21/h1-7,10,17,19,28H,8-9,11-16,18H2. The first kappa shape index (κ1) is 24.6. The Morgan fingerprint density at radius 3 is 2.31 bits per heavy atom. The van der Waals surface area contributed by atoms with Gasteiger partial charge in [0, 0.05) is 50.6 Å². The molecule has 0 saturated carbocycles. The number of hydrogen-bond donors (Lipinski definition) is 0. The second-order valence-corrected chi connectivity index (χ2v) is 10.4. The Morgan fingerprint density at radius 2 is 1.58 bits per heavy atom. The van der Waals surface area contributed by atoms with E-state index in [1.165, 1.54) is 28.6 Å². The molecule has 0 aliphatic carbocycles. The second kappa shape index (κ2) is 10.9. The molecular weight excluding hydrogens is 480 g/mol. The van der Waals surface area contributed by atoms with Crippen LogP contribution in [0.15, 0.2) is 60.0 Å². The van der Waals surface area contributed by atoms with E-state index in [-0.39, 0.29) is 35.9 Å². The number of fused-ring (bicyclic) bond motifs is 1. The maximum Gasteiger partial charge on any atom is 0.227 e. The molecule has 2 aromatic carbocycles. The van der Waals surface area contributed by atoms with Crippen LogP contribution in [-0.2, 0) is 22.4 Å². The summed E-state index contributed by atoms with van der Waals surface area (Å²) in [6, 6.07) is 14.8. The number of piperazine rings is 1. The van der Waals surface area contributed by atoms with Crippen molar-refractivity contribution in [2.45, 2.75) is 25.3 Å². The predicted molar refractivity (Wildman–Crippen MR) is 136 cm³/mol. The molecule has 1 unspecified atom stereocenters. The summed E-state index contributed by atoms with van der Waals surface area (Å²) in [5.74, 6) is -0.500. The third-order valence-corrected chi connectivity index (χ3v) is 8.09. The molecule has 36 heavy (non-hydrogen) atoms. The highest BCUT2D eigenvalue weighted by molar-refractivity contribution is 7.10. The molecule has 2 amide bonds. The first-order chi connectivity index (χ1) is 17.5. The minimum Gasteiger partial charge on any atom is -0.339 e. The molecule has 1 saturated heterocycles. The highest BCUT2D eigenvalue weighted by Gasteiger charge is 2.31. The molecule has 8 heteroatoms. The van der Waals surface area contributed by atoms with Gasteiger partial charge in [0.15, 0.2) is 0 Å². The first-order valence-electron chi connectivity index (χ1n) is 12.3. The summed E-state index contributed by atoms with van der Waals surface area (Å²) in [4.78, 5) is 32.9. The van der Waals surface area contributed by atoms with Crippen LogP contribution >= 0.6 is 11.3 Å². The summed E-state index contributed by atoms with van der Waals surface area (Å²) in [7, 11) is 0. The lowest BCUT2D eigenvalue weighted by Crippen LogP contribution is -2.51. The van der Waals surface area contributed by atoms with Crippen LogP contribution in [-0.4, -0.2) is 65.8 Å². The summed E-state index contributed by atoms with van der Waals surface area (Å²) >= 11 is 1.74. The third kappa shape index (κ3) is 5.50. The Kier molecular flexibility index (Phi) is 7.43. The van der Waals surface area contributed by atoms with Gasteiger partial charge in [0.2, 0.25) is 11.8 Å². The Bertz CT molecular complexity index is 1220. The molecule has 188 valence electrons. The maximum absolute atomic E-state index is 14.0. The highest BCUT2D eigenvalue weighted by atomic mass is 32.1. The van der Waals surface area contributed by atoms with Crippen LogP contribution in [0, 0.1) is 11.6 Å². The number of halogens is 2. The van der Waals surface area contributed by atoms with Gasteiger partial charge in [-0.05, 0) is 58.8 Å². The van der Waals surface area contributed by atoms with Crippen LogP contribution in [0.3, 0.4) is 0 Å². The summed E-state index contributed by atoms with van der Waals surface area (Å²) in [6.07, 6.45) is 1.55. The fraction of sp³-hybridized carbons (Fsp3) is 0.357. The fourth-order valence-electron chi connectivity index (χ4n) is 5.17. The molecule has 1 aromatic heterocycles. The van der Waals surface area contributed by atoms with Crippen molar-refractivity contribution in [3.63, 3.8) is 0 Å². The lowest BCUT2D eigenvalue weighted by Gasteiger charge is -2.38. The highest BCUT2D eigenvalue weighted by Crippen LogP contribution is 2.38. The fourth-order valence-corrected chi connectivity index (χ4v) is 6.07. The number of rotatable bonds is 6. The molecule has 1 fully saturated rings. The van der Waals surface area contributed by atoms with Crippen LogP contribution in [0.5, 0.6) is 0 Å². The quantitative estimate of drug-likeness (QED) is 0.498. The topological polar surface area (TPSA) is 43.9 Å². The second-order valence-electron chi connectivity index (χ2n) is 9.36. The van der Waals surface area contributed by atoms with E-state index in [4.69, 9.17) is 0 Å². The van der Waals surface area contributed by atoms with Crippen molar-refractivity contribution in [1.82, 2.24) is 14.7 Å². The van der Waals surface area contributed by atoms with E-state index < -0.39 is 0 Å². The number of carbonyl (C=O) groups is 2. The van der Waals surface area contributed by atoms with Gasteiger partial charge < -0.3 is 9.80 Å². The minimum absolute atomic E-state index is 0.00785. The van der Waals surface area contributed by atoms with E-state index in [9.17, 15) is 18.4 Å². The summed E-state index contributed by atoms with van der Waals surface area (Å²) in [5.41, 5.74) is 2.90. The van der Waals surface area contributed by atoms with Crippen molar-refractivity contribution in [3.8, 4) is 0 Å². The number of nitrogens with zero attached hydrogens (tertiary/aromatic N) is 3. The normalized spacial score (nSPS) is 18.2. The molecule has 5 nitrogen and oxygen atoms in total. The Morgan fingerprint density at radius 1 is 0.861 bits per heavy atom. The van der Waals surface area contributed by atoms with Crippen molar-refractivity contribution in [1.29, 1.82) is 0 Å². The van der Waals surface area contributed by atoms with Crippen molar-refractivity contribution in [2.75, 3.05) is 39.3 Å². The summed E-state index contributed by atoms with van der Waals surface area (Å²) in [6.45, 7) is 3.44. The number of thiophene rings is 1. The molecule has 1 atom stereocenters. The molecule has 0 spiro atoms. The van der Waals surface area contributed by atoms with Gasteiger partial charge in [-0.3, -0.25) is 14.5 Å². The molecule has 3 heterocycles. The van der Waals surface area contributed by atoms with Crippen LogP contribution in [0.25, 0.3) is 0 Å². The Labute approximate surface area is 213 Å². The molecule has 0 radical (unpaired) electrons. The zero-order valence-corrected chi connectivity index (χ0v) is 20.9. The van der Waals surface area contributed by atoms with E-state index in [0.717, 1.165) is 24.1 Å². The van der Waals surface area contributed by atoms with Crippen molar-refractivity contribution in [2.24, 2.45) is 0 Å². The van der Waals surface area contributed by atoms with Crippen molar-refractivity contribution in [3.05, 3.63) is 93.2 Å². The van der Waals surface area contributed by atoms with E-state index in [1.807, 2.05) is 11.0 Å². The number of carbonyl (C=O) groups excluding carboxylic acids is 2. The molecule has 5 rings (SSSR count). The first-order valence-corrected chi connectivity index (χ1v) is 13.2. The molecule has 0 N–H and O–H groups in total. The molecular formula is C28H29F2N3O2S. The SMILES string of the molecule is O=C(CCN1CCc2sccc2C1c1cccc(F)c1)N1CCN(C(=O)Cc2ccc(F)cc2)CC1. The van der Waals surface area contributed by atoms with E-state index >= 15 is 0 Å². The average Bonchev–Trinajstić information content (AvgIpc) is 3.37. The van der Waals surface area contributed by atoms with Crippen LogP contribution in [0.2, 0.25) is 0 Å². The lowest BCUT2D eigenvalue weighted by atomic mass is 9.93. The molecule has 2 aliphatic heterocycles. The zero-order chi connectivity index (χ0) is 25.1. The Balaban J connectivity index is 1.16. The average molecular weight is 510 g/mol.